The lowest BCUT2D eigenvalue weighted by molar-refractivity contribution is 0.0585. The number of ether oxygens (including phenoxy) is 2. The summed E-state index contributed by atoms with van der Waals surface area (Å²) < 4.78 is 38.7. The van der Waals surface area contributed by atoms with Gasteiger partial charge in [0, 0.05) is 44.6 Å². The largest absolute Gasteiger partial charge is 0.497 e. The molecule has 0 bridgehead atoms. The lowest BCUT2D eigenvalue weighted by atomic mass is 10.00. The molecule has 2 fully saturated rings. The minimum atomic E-state index is -3.45. The first kappa shape index (κ1) is 21.1. The first-order valence-corrected chi connectivity index (χ1v) is 12.0. The number of pyridine rings is 1. The fourth-order valence-electron chi connectivity index (χ4n) is 4.31. The Morgan fingerprint density at radius 3 is 2.10 bits per heavy atom. The zero-order valence-electron chi connectivity index (χ0n) is 17.3. The Labute approximate surface area is 178 Å². The Morgan fingerprint density at radius 2 is 1.50 bits per heavy atom. The maximum absolute atomic E-state index is 12.9. The van der Waals surface area contributed by atoms with Gasteiger partial charge in [0.25, 0.3) is 0 Å². The maximum Gasteiger partial charge on any atom is 0.243 e. The summed E-state index contributed by atoms with van der Waals surface area (Å²) in [6.07, 6.45) is 7.45. The number of likely N-dealkylation sites (tertiary alicyclic amines) is 1. The average molecular weight is 432 g/mol. The van der Waals surface area contributed by atoms with Gasteiger partial charge in [-0.1, -0.05) is 0 Å². The first-order valence-electron chi connectivity index (χ1n) is 10.5. The second-order valence-corrected chi connectivity index (χ2v) is 9.78. The molecule has 1 aromatic heterocycles. The molecule has 2 saturated heterocycles. The third-order valence-electron chi connectivity index (χ3n) is 6.07. The molecule has 0 atom stereocenters. The van der Waals surface area contributed by atoms with Crippen LogP contribution in [0.15, 0.2) is 53.7 Å². The van der Waals surface area contributed by atoms with Crippen LogP contribution in [0, 0.1) is 0 Å². The Balaban J connectivity index is 1.27. The molecule has 2 aliphatic rings. The highest BCUT2D eigenvalue weighted by Crippen LogP contribution is 2.27. The zero-order valence-corrected chi connectivity index (χ0v) is 18.1. The van der Waals surface area contributed by atoms with Gasteiger partial charge in [0.2, 0.25) is 10.0 Å². The number of piperidine rings is 2. The molecule has 4 rings (SSSR count). The fraction of sp³-hybridized carbons (Fsp3) is 0.500. The van der Waals surface area contributed by atoms with Gasteiger partial charge in [-0.2, -0.15) is 4.31 Å². The van der Waals surface area contributed by atoms with E-state index in [1.54, 1.807) is 48.1 Å². The molecule has 30 heavy (non-hydrogen) atoms. The normalized spacial score (nSPS) is 20.2. The van der Waals surface area contributed by atoms with Crippen molar-refractivity contribution in [3.63, 3.8) is 0 Å². The summed E-state index contributed by atoms with van der Waals surface area (Å²) in [4.78, 5) is 6.85. The topological polar surface area (TPSA) is 72.0 Å². The number of rotatable bonds is 6. The SMILES string of the molecule is COc1ccc(S(=O)(=O)N2CCC(N3CCC(Oc4ccncc4)CC3)CC2)cc1. The number of aromatic nitrogens is 1. The Bertz CT molecular complexity index is 905. The Hall–Kier alpha value is -2.16. The molecule has 0 N–H and O–H groups in total. The van der Waals surface area contributed by atoms with Crippen LogP contribution in [-0.2, 0) is 10.0 Å². The molecular weight excluding hydrogens is 402 g/mol. The standard InChI is InChI=1S/C22H29N3O4S/c1-28-19-2-4-22(5-3-19)30(26,27)25-16-8-18(9-17-25)24-14-10-21(11-15-24)29-20-6-12-23-13-7-20/h2-7,12-13,18,21H,8-11,14-17H2,1H3. The molecule has 3 heterocycles. The molecule has 2 aliphatic heterocycles. The van der Waals surface area contributed by atoms with Crippen molar-refractivity contribution in [2.24, 2.45) is 0 Å². The summed E-state index contributed by atoms with van der Waals surface area (Å²) in [5, 5.41) is 0. The van der Waals surface area contributed by atoms with Crippen molar-refractivity contribution >= 4 is 10.0 Å². The monoisotopic (exact) mass is 431 g/mol. The van der Waals surface area contributed by atoms with Gasteiger partial charge in [0.1, 0.15) is 17.6 Å². The predicted octanol–water partition coefficient (Wildman–Crippen LogP) is 2.79. The van der Waals surface area contributed by atoms with Gasteiger partial charge < -0.3 is 14.4 Å². The van der Waals surface area contributed by atoms with Crippen molar-refractivity contribution in [3.8, 4) is 11.5 Å². The summed E-state index contributed by atoms with van der Waals surface area (Å²) >= 11 is 0. The quantitative estimate of drug-likeness (QED) is 0.700. The Kier molecular flexibility index (Phi) is 6.55. The van der Waals surface area contributed by atoms with E-state index in [-0.39, 0.29) is 6.10 Å². The van der Waals surface area contributed by atoms with Gasteiger partial charge in [-0.05, 0) is 62.1 Å². The fourth-order valence-corrected chi connectivity index (χ4v) is 5.78. The summed E-state index contributed by atoms with van der Waals surface area (Å²) in [7, 11) is -1.88. The van der Waals surface area contributed by atoms with Crippen LogP contribution in [-0.4, -0.2) is 68.0 Å². The average Bonchev–Trinajstić information content (AvgIpc) is 2.80. The Morgan fingerprint density at radius 1 is 0.867 bits per heavy atom. The molecule has 2 aromatic rings. The lowest BCUT2D eigenvalue weighted by Crippen LogP contribution is -2.50. The number of hydrogen-bond acceptors (Lipinski definition) is 6. The van der Waals surface area contributed by atoms with E-state index in [2.05, 4.69) is 9.88 Å². The molecule has 0 aliphatic carbocycles. The van der Waals surface area contributed by atoms with Gasteiger partial charge in [0.15, 0.2) is 0 Å². The highest BCUT2D eigenvalue weighted by molar-refractivity contribution is 7.89. The van der Waals surface area contributed by atoms with Crippen LogP contribution in [0.1, 0.15) is 25.7 Å². The predicted molar refractivity (Wildman–Crippen MR) is 114 cm³/mol. The number of benzene rings is 1. The molecule has 0 unspecified atom stereocenters. The number of methoxy groups -OCH3 is 1. The first-order chi connectivity index (χ1) is 14.6. The zero-order chi connectivity index (χ0) is 21.0. The van der Waals surface area contributed by atoms with Gasteiger partial charge >= 0.3 is 0 Å². The highest BCUT2D eigenvalue weighted by Gasteiger charge is 2.33. The number of hydrogen-bond donors (Lipinski definition) is 0. The van der Waals surface area contributed by atoms with E-state index in [9.17, 15) is 8.42 Å². The smallest absolute Gasteiger partial charge is 0.243 e. The van der Waals surface area contributed by atoms with Crippen LogP contribution >= 0.6 is 0 Å². The van der Waals surface area contributed by atoms with E-state index in [0.29, 0.717) is 29.8 Å². The van der Waals surface area contributed by atoms with Crippen molar-refractivity contribution in [1.82, 2.24) is 14.2 Å². The van der Waals surface area contributed by atoms with Crippen LogP contribution in [0.5, 0.6) is 11.5 Å². The molecule has 0 spiro atoms. The van der Waals surface area contributed by atoms with Crippen molar-refractivity contribution in [1.29, 1.82) is 0 Å². The summed E-state index contributed by atoms with van der Waals surface area (Å²) in [6.45, 7) is 3.11. The van der Waals surface area contributed by atoms with Gasteiger partial charge in [-0.3, -0.25) is 4.98 Å². The maximum atomic E-state index is 12.9. The second-order valence-electron chi connectivity index (χ2n) is 7.85. The van der Waals surface area contributed by atoms with Gasteiger partial charge in [0.05, 0.1) is 12.0 Å². The van der Waals surface area contributed by atoms with Crippen LogP contribution in [0.25, 0.3) is 0 Å². The summed E-state index contributed by atoms with van der Waals surface area (Å²) in [5.41, 5.74) is 0. The van der Waals surface area contributed by atoms with E-state index < -0.39 is 10.0 Å². The molecule has 1 aromatic carbocycles. The molecule has 8 heteroatoms. The van der Waals surface area contributed by atoms with Crippen molar-refractivity contribution in [3.05, 3.63) is 48.8 Å². The van der Waals surface area contributed by atoms with Crippen molar-refractivity contribution in [2.75, 3.05) is 33.3 Å². The van der Waals surface area contributed by atoms with E-state index in [0.717, 1.165) is 44.5 Å². The van der Waals surface area contributed by atoms with Crippen molar-refractivity contribution < 1.29 is 17.9 Å². The van der Waals surface area contributed by atoms with Crippen LogP contribution in [0.2, 0.25) is 0 Å². The molecule has 0 saturated carbocycles. The van der Waals surface area contributed by atoms with Crippen LogP contribution in [0.3, 0.4) is 0 Å². The molecule has 0 radical (unpaired) electrons. The summed E-state index contributed by atoms with van der Waals surface area (Å²) in [5.74, 6) is 1.53. The molecule has 7 nitrogen and oxygen atoms in total. The number of sulfonamides is 1. The summed E-state index contributed by atoms with van der Waals surface area (Å²) in [6, 6.07) is 10.8. The minimum absolute atomic E-state index is 0.235. The lowest BCUT2D eigenvalue weighted by Gasteiger charge is -2.41. The molecule has 162 valence electrons. The van der Waals surface area contributed by atoms with Crippen molar-refractivity contribution in [2.45, 2.75) is 42.7 Å². The van der Waals surface area contributed by atoms with E-state index in [4.69, 9.17) is 9.47 Å². The van der Waals surface area contributed by atoms with E-state index >= 15 is 0 Å². The molecule has 0 amide bonds. The second kappa shape index (κ2) is 9.32. The van der Waals surface area contributed by atoms with Gasteiger partial charge in [-0.25, -0.2) is 8.42 Å². The third kappa shape index (κ3) is 4.77. The number of nitrogens with zero attached hydrogens (tertiary/aromatic N) is 3. The van der Waals surface area contributed by atoms with E-state index in [1.807, 2.05) is 12.1 Å². The highest BCUT2D eigenvalue weighted by atomic mass is 32.2. The van der Waals surface area contributed by atoms with Gasteiger partial charge in [-0.15, -0.1) is 0 Å². The molecular formula is C22H29N3O4S. The van der Waals surface area contributed by atoms with Crippen LogP contribution in [0.4, 0.5) is 0 Å². The van der Waals surface area contributed by atoms with Crippen LogP contribution < -0.4 is 9.47 Å². The minimum Gasteiger partial charge on any atom is -0.497 e. The van der Waals surface area contributed by atoms with E-state index in [1.165, 1.54) is 0 Å². The third-order valence-corrected chi connectivity index (χ3v) is 7.98.